The third-order valence-electron chi connectivity index (χ3n) is 5.35. The van der Waals surface area contributed by atoms with E-state index in [1.165, 1.54) is 56.9 Å². The third-order valence-corrected chi connectivity index (χ3v) is 8.91. The molecular formula is C23H26N2O6S2. The highest BCUT2D eigenvalue weighted by Gasteiger charge is 2.32. The van der Waals surface area contributed by atoms with E-state index in [9.17, 15) is 16.8 Å². The number of hydrogen-bond acceptors (Lipinski definition) is 7. The lowest BCUT2D eigenvalue weighted by Crippen LogP contribution is -2.32. The molecule has 0 amide bonds. The van der Waals surface area contributed by atoms with Crippen molar-refractivity contribution in [2.75, 3.05) is 20.8 Å². The maximum Gasteiger partial charge on any atom is 0.244 e. The van der Waals surface area contributed by atoms with Crippen LogP contribution in [0.2, 0.25) is 0 Å². The molecule has 0 fully saturated rings. The van der Waals surface area contributed by atoms with Crippen molar-refractivity contribution in [3.8, 4) is 11.5 Å². The van der Waals surface area contributed by atoms with E-state index in [2.05, 4.69) is 9.71 Å². The summed E-state index contributed by atoms with van der Waals surface area (Å²) in [5.74, 6) is 0.691. The number of nitrogens with zero attached hydrogens (tertiary/aromatic N) is 1. The van der Waals surface area contributed by atoms with Crippen molar-refractivity contribution >= 4 is 19.9 Å². The van der Waals surface area contributed by atoms with Crippen LogP contribution < -0.4 is 14.2 Å². The Bertz CT molecular complexity index is 1320. The summed E-state index contributed by atoms with van der Waals surface area (Å²) >= 11 is 0. The van der Waals surface area contributed by atoms with Gasteiger partial charge >= 0.3 is 0 Å². The first-order valence-electron chi connectivity index (χ1n) is 10.0. The highest BCUT2D eigenvalue weighted by atomic mass is 32.2. The van der Waals surface area contributed by atoms with Gasteiger partial charge in [0.2, 0.25) is 10.0 Å². The Morgan fingerprint density at radius 2 is 1.61 bits per heavy atom. The predicted molar refractivity (Wildman–Crippen MR) is 125 cm³/mol. The standard InChI is InChI=1S/C23H26N2O6S2/c1-16-12-21(31-4)22(13-17(16)2)33(28,29)25-15-23(18-6-5-11-24-14-18)32(26,27)20-9-7-19(30-3)8-10-20/h5-14,23,25H,15H2,1-4H3. The first-order valence-corrected chi connectivity index (χ1v) is 13.1. The van der Waals surface area contributed by atoms with E-state index < -0.39 is 31.7 Å². The van der Waals surface area contributed by atoms with E-state index in [1.807, 2.05) is 6.92 Å². The van der Waals surface area contributed by atoms with Gasteiger partial charge in [-0.15, -0.1) is 0 Å². The summed E-state index contributed by atoms with van der Waals surface area (Å²) < 4.78 is 66.1. The molecule has 176 valence electrons. The molecule has 33 heavy (non-hydrogen) atoms. The summed E-state index contributed by atoms with van der Waals surface area (Å²) in [5, 5.41) is -1.20. The molecule has 10 heteroatoms. The van der Waals surface area contributed by atoms with E-state index in [0.29, 0.717) is 11.3 Å². The van der Waals surface area contributed by atoms with Crippen LogP contribution in [-0.4, -0.2) is 42.6 Å². The summed E-state index contributed by atoms with van der Waals surface area (Å²) in [5.41, 5.74) is 2.01. The zero-order valence-electron chi connectivity index (χ0n) is 18.8. The minimum atomic E-state index is -4.08. The molecule has 0 radical (unpaired) electrons. The summed E-state index contributed by atoms with van der Waals surface area (Å²) in [7, 11) is -5.18. The monoisotopic (exact) mass is 490 g/mol. The van der Waals surface area contributed by atoms with Crippen LogP contribution in [0.3, 0.4) is 0 Å². The van der Waals surface area contributed by atoms with Crippen LogP contribution in [0.1, 0.15) is 21.9 Å². The van der Waals surface area contributed by atoms with Gasteiger partial charge in [-0.05, 0) is 73.0 Å². The highest BCUT2D eigenvalue weighted by molar-refractivity contribution is 7.92. The largest absolute Gasteiger partial charge is 0.497 e. The molecule has 0 saturated heterocycles. The second-order valence-electron chi connectivity index (χ2n) is 7.43. The van der Waals surface area contributed by atoms with E-state index in [0.717, 1.165) is 11.1 Å². The van der Waals surface area contributed by atoms with Crippen molar-refractivity contribution in [1.29, 1.82) is 0 Å². The van der Waals surface area contributed by atoms with E-state index >= 15 is 0 Å². The topological polar surface area (TPSA) is 112 Å². The number of benzene rings is 2. The fourth-order valence-corrected chi connectivity index (χ4v) is 6.33. The second-order valence-corrected chi connectivity index (χ2v) is 11.3. The van der Waals surface area contributed by atoms with Crippen molar-refractivity contribution in [2.24, 2.45) is 0 Å². The lowest BCUT2D eigenvalue weighted by molar-refractivity contribution is 0.402. The first kappa shape index (κ1) is 24.7. The van der Waals surface area contributed by atoms with Gasteiger partial charge < -0.3 is 9.47 Å². The van der Waals surface area contributed by atoms with Gasteiger partial charge in [-0.25, -0.2) is 21.6 Å². The molecule has 2 aromatic carbocycles. The van der Waals surface area contributed by atoms with Crippen LogP contribution in [0, 0.1) is 13.8 Å². The lowest BCUT2D eigenvalue weighted by atomic mass is 10.1. The van der Waals surface area contributed by atoms with Gasteiger partial charge in [0.1, 0.15) is 21.6 Å². The van der Waals surface area contributed by atoms with Gasteiger partial charge in [-0.2, -0.15) is 0 Å². The molecule has 0 saturated carbocycles. The molecule has 0 bridgehead atoms. The Morgan fingerprint density at radius 3 is 2.18 bits per heavy atom. The molecule has 3 aromatic rings. The smallest absolute Gasteiger partial charge is 0.244 e. The van der Waals surface area contributed by atoms with Crippen LogP contribution in [-0.2, 0) is 19.9 Å². The minimum absolute atomic E-state index is 0.0418. The van der Waals surface area contributed by atoms with Gasteiger partial charge in [0, 0.05) is 18.9 Å². The van der Waals surface area contributed by atoms with Crippen LogP contribution in [0.25, 0.3) is 0 Å². The van der Waals surface area contributed by atoms with Crippen molar-refractivity contribution in [1.82, 2.24) is 9.71 Å². The van der Waals surface area contributed by atoms with E-state index in [1.54, 1.807) is 25.1 Å². The molecule has 0 aliphatic rings. The highest BCUT2D eigenvalue weighted by Crippen LogP contribution is 2.31. The molecule has 1 unspecified atom stereocenters. The minimum Gasteiger partial charge on any atom is -0.497 e. The van der Waals surface area contributed by atoms with Crippen molar-refractivity contribution in [2.45, 2.75) is 28.9 Å². The number of nitrogens with one attached hydrogen (secondary N) is 1. The molecule has 3 rings (SSSR count). The van der Waals surface area contributed by atoms with Gasteiger partial charge in [-0.3, -0.25) is 4.98 Å². The summed E-state index contributed by atoms with van der Waals surface area (Å²) in [6.45, 7) is 3.25. The quantitative estimate of drug-likeness (QED) is 0.490. The molecular weight excluding hydrogens is 464 g/mol. The SMILES string of the molecule is COc1ccc(S(=O)(=O)C(CNS(=O)(=O)c2cc(C)c(C)cc2OC)c2cccnc2)cc1. The zero-order valence-corrected chi connectivity index (χ0v) is 20.4. The van der Waals surface area contributed by atoms with Crippen molar-refractivity contribution < 1.29 is 26.3 Å². The molecule has 0 aliphatic heterocycles. The molecule has 0 aliphatic carbocycles. The van der Waals surface area contributed by atoms with Crippen LogP contribution >= 0.6 is 0 Å². The molecule has 1 heterocycles. The van der Waals surface area contributed by atoms with E-state index in [4.69, 9.17) is 9.47 Å². The number of pyridine rings is 1. The summed E-state index contributed by atoms with van der Waals surface area (Å²) in [4.78, 5) is 4.00. The molecule has 1 aromatic heterocycles. The van der Waals surface area contributed by atoms with Gasteiger partial charge in [0.15, 0.2) is 9.84 Å². The van der Waals surface area contributed by atoms with Gasteiger partial charge in [0.25, 0.3) is 0 Å². The van der Waals surface area contributed by atoms with Gasteiger partial charge in [-0.1, -0.05) is 6.07 Å². The Morgan fingerprint density at radius 1 is 0.939 bits per heavy atom. The van der Waals surface area contributed by atoms with Crippen LogP contribution in [0.15, 0.2) is 70.7 Å². The zero-order chi connectivity index (χ0) is 24.2. The molecule has 1 N–H and O–H groups in total. The number of aromatic nitrogens is 1. The number of sulfone groups is 1. The molecule has 1 atom stereocenters. The first-order chi connectivity index (χ1) is 15.6. The lowest BCUT2D eigenvalue weighted by Gasteiger charge is -2.20. The Labute approximate surface area is 194 Å². The van der Waals surface area contributed by atoms with Crippen molar-refractivity contribution in [3.63, 3.8) is 0 Å². The van der Waals surface area contributed by atoms with E-state index in [-0.39, 0.29) is 15.5 Å². The number of ether oxygens (including phenoxy) is 2. The average Bonchev–Trinajstić information content (AvgIpc) is 2.81. The summed E-state index contributed by atoms with van der Waals surface area (Å²) in [6, 6.07) is 12.3. The average molecular weight is 491 g/mol. The maximum absolute atomic E-state index is 13.5. The van der Waals surface area contributed by atoms with Crippen LogP contribution in [0.5, 0.6) is 11.5 Å². The fraction of sp³-hybridized carbons (Fsp3) is 0.261. The summed E-state index contributed by atoms with van der Waals surface area (Å²) in [6.07, 6.45) is 2.93. The number of aryl methyl sites for hydroxylation is 2. The second kappa shape index (κ2) is 9.90. The normalized spacial score (nSPS) is 12.8. The fourth-order valence-electron chi connectivity index (χ4n) is 3.30. The number of sulfonamides is 1. The predicted octanol–water partition coefficient (Wildman–Crippen LogP) is 3.21. The third kappa shape index (κ3) is 5.35. The Hall–Kier alpha value is -2.95. The Kier molecular flexibility index (Phi) is 7.41. The maximum atomic E-state index is 13.5. The van der Waals surface area contributed by atoms with Gasteiger partial charge in [0.05, 0.1) is 19.1 Å². The number of methoxy groups -OCH3 is 2. The Balaban J connectivity index is 1.99. The van der Waals surface area contributed by atoms with Crippen LogP contribution in [0.4, 0.5) is 0 Å². The number of hydrogen-bond donors (Lipinski definition) is 1. The molecule has 8 nitrogen and oxygen atoms in total. The molecule has 0 spiro atoms. The number of rotatable bonds is 9. The van der Waals surface area contributed by atoms with Crippen molar-refractivity contribution in [3.05, 3.63) is 77.6 Å².